The minimum absolute atomic E-state index is 0.449. The third-order valence-electron chi connectivity index (χ3n) is 1.36. The van der Waals surface area contributed by atoms with Crippen LogP contribution in [0.3, 0.4) is 0 Å². The summed E-state index contributed by atoms with van der Waals surface area (Å²) in [6.45, 7) is 0. The van der Waals surface area contributed by atoms with Crippen molar-refractivity contribution in [1.82, 2.24) is 10.3 Å². The van der Waals surface area contributed by atoms with Crippen LogP contribution in [-0.2, 0) is 9.53 Å². The molecule has 1 fully saturated rings. The molecule has 0 spiro atoms. The Labute approximate surface area is 71.4 Å². The summed E-state index contributed by atoms with van der Waals surface area (Å²) in [7, 11) is 0. The molecule has 0 bridgehead atoms. The number of cyclic esters (lactones) is 1. The lowest BCUT2D eigenvalue weighted by Crippen LogP contribution is -2.20. The Balaban J connectivity index is 2.26. The lowest BCUT2D eigenvalue weighted by molar-refractivity contribution is -0.123. The van der Waals surface area contributed by atoms with E-state index in [0.717, 1.165) is 0 Å². The molecule has 1 unspecified atom stereocenters. The second kappa shape index (κ2) is 2.56. The molecule has 1 atom stereocenters. The van der Waals surface area contributed by atoms with E-state index in [-0.39, 0.29) is 0 Å². The minimum atomic E-state index is -0.850. The summed E-state index contributed by atoms with van der Waals surface area (Å²) in [5.74, 6) is -0.449. The number of carbonyl (C=O) groups excluding carboxylic acids is 2. The molecule has 0 saturated carbocycles. The molecule has 2 heterocycles. The molecule has 12 heavy (non-hydrogen) atoms. The maximum absolute atomic E-state index is 11.0. The molecule has 0 aliphatic carbocycles. The molecule has 5 nitrogen and oxygen atoms in total. The summed E-state index contributed by atoms with van der Waals surface area (Å²) in [6, 6.07) is 0. The quantitative estimate of drug-likeness (QED) is 0.688. The van der Waals surface area contributed by atoms with Crippen LogP contribution in [-0.4, -0.2) is 17.0 Å². The zero-order valence-electron chi connectivity index (χ0n) is 5.81. The summed E-state index contributed by atoms with van der Waals surface area (Å²) in [4.78, 5) is 25.4. The predicted molar refractivity (Wildman–Crippen MR) is 39.5 cm³/mol. The second-order valence-corrected chi connectivity index (χ2v) is 3.07. The SMILES string of the molecule is O=C1NC(=O)C(c2nccs2)O1. The standard InChI is InChI=1S/C6H4N2O3S/c9-4-3(11-6(10)8-4)5-7-1-2-12-5/h1-3H,(H,8,9,10). The molecular weight excluding hydrogens is 180 g/mol. The fourth-order valence-corrected chi connectivity index (χ4v) is 1.54. The molecule has 1 aliphatic heterocycles. The molecule has 1 aromatic heterocycles. The van der Waals surface area contributed by atoms with Crippen LogP contribution in [0.1, 0.15) is 11.1 Å². The van der Waals surface area contributed by atoms with Gasteiger partial charge in [0.15, 0.2) is 0 Å². The summed E-state index contributed by atoms with van der Waals surface area (Å²) in [6.07, 6.45) is -0.00269. The van der Waals surface area contributed by atoms with Crippen molar-refractivity contribution >= 4 is 23.3 Å². The number of aromatic nitrogens is 1. The van der Waals surface area contributed by atoms with Crippen molar-refractivity contribution in [3.05, 3.63) is 16.6 Å². The number of imide groups is 1. The summed E-state index contributed by atoms with van der Waals surface area (Å²) in [5.41, 5.74) is 0. The van der Waals surface area contributed by atoms with Crippen molar-refractivity contribution in [2.24, 2.45) is 0 Å². The molecule has 1 saturated heterocycles. The first-order chi connectivity index (χ1) is 5.77. The van der Waals surface area contributed by atoms with Gasteiger partial charge in [-0.15, -0.1) is 11.3 Å². The fourth-order valence-electron chi connectivity index (χ4n) is 0.883. The number of amides is 2. The van der Waals surface area contributed by atoms with Gasteiger partial charge in [0.1, 0.15) is 5.01 Å². The third kappa shape index (κ3) is 1.06. The van der Waals surface area contributed by atoms with E-state index >= 15 is 0 Å². The number of thiazole rings is 1. The number of rotatable bonds is 1. The molecule has 0 aromatic carbocycles. The molecule has 1 N–H and O–H groups in total. The lowest BCUT2D eigenvalue weighted by Gasteiger charge is -1.99. The van der Waals surface area contributed by atoms with Crippen molar-refractivity contribution in [3.8, 4) is 0 Å². The van der Waals surface area contributed by atoms with Crippen LogP contribution < -0.4 is 5.32 Å². The van der Waals surface area contributed by atoms with E-state index in [1.54, 1.807) is 11.6 Å². The number of ether oxygens (including phenoxy) is 1. The zero-order valence-corrected chi connectivity index (χ0v) is 6.63. The van der Waals surface area contributed by atoms with Gasteiger partial charge in [0, 0.05) is 11.6 Å². The summed E-state index contributed by atoms with van der Waals surface area (Å²) in [5, 5.41) is 4.24. The number of alkyl carbamates (subject to hydrolysis) is 1. The molecule has 2 rings (SSSR count). The molecule has 2 amide bonds. The average molecular weight is 184 g/mol. The largest absolute Gasteiger partial charge is 0.428 e. The average Bonchev–Trinajstić information content (AvgIpc) is 2.58. The maximum Gasteiger partial charge on any atom is 0.415 e. The van der Waals surface area contributed by atoms with Crippen molar-refractivity contribution in [2.45, 2.75) is 6.10 Å². The number of hydrogen-bond acceptors (Lipinski definition) is 5. The Morgan fingerprint density at radius 1 is 1.58 bits per heavy atom. The van der Waals surface area contributed by atoms with E-state index in [1.807, 2.05) is 5.32 Å². The smallest absolute Gasteiger partial charge is 0.415 e. The van der Waals surface area contributed by atoms with Crippen LogP contribution in [0.5, 0.6) is 0 Å². The highest BCUT2D eigenvalue weighted by Crippen LogP contribution is 2.23. The van der Waals surface area contributed by atoms with E-state index < -0.39 is 18.1 Å². The highest BCUT2D eigenvalue weighted by atomic mass is 32.1. The number of hydrogen-bond donors (Lipinski definition) is 1. The monoisotopic (exact) mass is 184 g/mol. The highest BCUT2D eigenvalue weighted by Gasteiger charge is 2.35. The highest BCUT2D eigenvalue weighted by molar-refractivity contribution is 7.09. The lowest BCUT2D eigenvalue weighted by atomic mass is 10.4. The Kier molecular flexibility index (Phi) is 1.54. The summed E-state index contributed by atoms with van der Waals surface area (Å²) >= 11 is 1.28. The summed E-state index contributed by atoms with van der Waals surface area (Å²) < 4.78 is 4.67. The van der Waals surface area contributed by atoms with Crippen molar-refractivity contribution in [1.29, 1.82) is 0 Å². The van der Waals surface area contributed by atoms with Crippen molar-refractivity contribution in [2.75, 3.05) is 0 Å². The van der Waals surface area contributed by atoms with E-state index in [2.05, 4.69) is 9.72 Å². The van der Waals surface area contributed by atoms with Crippen LogP contribution in [0.25, 0.3) is 0 Å². The van der Waals surface area contributed by atoms with Gasteiger partial charge in [-0.25, -0.2) is 9.78 Å². The van der Waals surface area contributed by atoms with Gasteiger partial charge in [-0.3, -0.25) is 10.1 Å². The fraction of sp³-hybridized carbons (Fsp3) is 0.167. The second-order valence-electron chi connectivity index (χ2n) is 2.14. The topological polar surface area (TPSA) is 68.3 Å². The third-order valence-corrected chi connectivity index (χ3v) is 2.18. The van der Waals surface area contributed by atoms with E-state index in [1.165, 1.54) is 11.3 Å². The number of carbonyl (C=O) groups is 2. The molecule has 1 aromatic rings. The van der Waals surface area contributed by atoms with Crippen molar-refractivity contribution in [3.63, 3.8) is 0 Å². The van der Waals surface area contributed by atoms with Gasteiger partial charge in [-0.2, -0.15) is 0 Å². The Bertz CT molecular complexity index is 322. The Hall–Kier alpha value is -1.43. The van der Waals surface area contributed by atoms with E-state index in [9.17, 15) is 9.59 Å². The minimum Gasteiger partial charge on any atom is -0.428 e. The zero-order chi connectivity index (χ0) is 8.55. The van der Waals surface area contributed by atoms with Gasteiger partial charge < -0.3 is 4.74 Å². The van der Waals surface area contributed by atoms with Gasteiger partial charge in [-0.1, -0.05) is 0 Å². The molecule has 62 valence electrons. The first-order valence-electron chi connectivity index (χ1n) is 3.18. The first-order valence-corrected chi connectivity index (χ1v) is 4.06. The van der Waals surface area contributed by atoms with E-state index in [4.69, 9.17) is 0 Å². The van der Waals surface area contributed by atoms with Gasteiger partial charge in [0.2, 0.25) is 6.10 Å². The van der Waals surface area contributed by atoms with E-state index in [0.29, 0.717) is 5.01 Å². The van der Waals surface area contributed by atoms with Gasteiger partial charge in [0.25, 0.3) is 5.91 Å². The Morgan fingerprint density at radius 2 is 2.42 bits per heavy atom. The van der Waals surface area contributed by atoms with Gasteiger partial charge >= 0.3 is 6.09 Å². The normalized spacial score (nSPS) is 22.2. The van der Waals surface area contributed by atoms with Crippen LogP contribution in [0, 0.1) is 0 Å². The molecular formula is C6H4N2O3S. The first kappa shape index (κ1) is 7.23. The van der Waals surface area contributed by atoms with Crippen molar-refractivity contribution < 1.29 is 14.3 Å². The van der Waals surface area contributed by atoms with Crippen LogP contribution in [0.15, 0.2) is 11.6 Å². The number of nitrogens with zero attached hydrogens (tertiary/aromatic N) is 1. The van der Waals surface area contributed by atoms with Crippen LogP contribution in [0.2, 0.25) is 0 Å². The van der Waals surface area contributed by atoms with Gasteiger partial charge in [-0.05, 0) is 0 Å². The Morgan fingerprint density at radius 3 is 2.92 bits per heavy atom. The van der Waals surface area contributed by atoms with Crippen LogP contribution in [0.4, 0.5) is 4.79 Å². The molecule has 0 radical (unpaired) electrons. The molecule has 1 aliphatic rings. The maximum atomic E-state index is 11.0. The molecule has 6 heteroatoms. The van der Waals surface area contributed by atoms with Gasteiger partial charge in [0.05, 0.1) is 0 Å². The number of nitrogens with one attached hydrogen (secondary N) is 1. The predicted octanol–water partition coefficient (Wildman–Crippen LogP) is 0.451. The van der Waals surface area contributed by atoms with Crippen LogP contribution >= 0.6 is 11.3 Å².